The second kappa shape index (κ2) is 8.19. The van der Waals surface area contributed by atoms with Crippen LogP contribution in [-0.4, -0.2) is 26.0 Å². The molecule has 0 bridgehead atoms. The number of Topliss-reactive ketones (excluding diaryl/α,β-unsaturated/α-hetero) is 1. The van der Waals surface area contributed by atoms with Crippen LogP contribution in [0.4, 0.5) is 0 Å². The van der Waals surface area contributed by atoms with Crippen molar-refractivity contribution >= 4 is 11.8 Å². The first-order chi connectivity index (χ1) is 14.5. The van der Waals surface area contributed by atoms with E-state index >= 15 is 0 Å². The molecule has 154 valence electrons. The van der Waals surface area contributed by atoms with E-state index in [1.54, 1.807) is 7.11 Å². The SMILES string of the molecule is COC(=O)C1=C(C)NC2=C(C(=O)C[C@@H](c3ccc(OC)cc3)C2)[C@H]1c1ccccc1. The van der Waals surface area contributed by atoms with E-state index < -0.39 is 11.9 Å². The number of ketones is 1. The summed E-state index contributed by atoms with van der Waals surface area (Å²) in [4.78, 5) is 26.0. The first kappa shape index (κ1) is 20.0. The van der Waals surface area contributed by atoms with Gasteiger partial charge in [0.25, 0.3) is 0 Å². The minimum Gasteiger partial charge on any atom is -0.497 e. The van der Waals surface area contributed by atoms with Crippen molar-refractivity contribution < 1.29 is 19.1 Å². The van der Waals surface area contributed by atoms with Gasteiger partial charge in [-0.2, -0.15) is 0 Å². The summed E-state index contributed by atoms with van der Waals surface area (Å²) < 4.78 is 10.3. The fourth-order valence-electron chi connectivity index (χ4n) is 4.51. The standard InChI is InChI=1S/C25H25NO4/c1-15-22(25(28)30-3)23(17-7-5-4-6-8-17)24-20(26-15)13-18(14-21(24)27)16-9-11-19(29-2)12-10-16/h4-12,18,23,26H,13-14H2,1-3H3/t18-,23-/m0/s1. The number of hydrogen-bond acceptors (Lipinski definition) is 5. The maximum Gasteiger partial charge on any atom is 0.336 e. The molecule has 1 aliphatic carbocycles. The molecule has 0 saturated heterocycles. The monoisotopic (exact) mass is 403 g/mol. The molecular weight excluding hydrogens is 378 g/mol. The van der Waals surface area contributed by atoms with Crippen LogP contribution in [0, 0.1) is 0 Å². The van der Waals surface area contributed by atoms with Crippen molar-refractivity contribution in [1.29, 1.82) is 0 Å². The Morgan fingerprint density at radius 1 is 0.967 bits per heavy atom. The number of esters is 1. The van der Waals surface area contributed by atoms with E-state index in [1.807, 2.05) is 61.5 Å². The van der Waals surface area contributed by atoms with Crippen LogP contribution in [-0.2, 0) is 14.3 Å². The Balaban J connectivity index is 1.76. The molecule has 2 atom stereocenters. The van der Waals surface area contributed by atoms with E-state index in [9.17, 15) is 9.59 Å². The first-order valence-corrected chi connectivity index (χ1v) is 10.0. The molecule has 0 spiro atoms. The van der Waals surface area contributed by atoms with Crippen molar-refractivity contribution in [2.45, 2.75) is 31.6 Å². The van der Waals surface area contributed by atoms with Crippen molar-refractivity contribution in [2.75, 3.05) is 14.2 Å². The topological polar surface area (TPSA) is 64.6 Å². The van der Waals surface area contributed by atoms with Crippen LogP contribution in [0.3, 0.4) is 0 Å². The highest BCUT2D eigenvalue weighted by Crippen LogP contribution is 2.45. The molecule has 0 unspecified atom stereocenters. The third-order valence-electron chi connectivity index (χ3n) is 5.95. The zero-order valence-corrected chi connectivity index (χ0v) is 17.4. The van der Waals surface area contributed by atoms with Crippen LogP contribution in [0.25, 0.3) is 0 Å². The fraction of sp³-hybridized carbons (Fsp3) is 0.280. The molecule has 2 aromatic rings. The molecule has 2 aliphatic rings. The second-order valence-corrected chi connectivity index (χ2v) is 7.69. The van der Waals surface area contributed by atoms with E-state index in [0.717, 1.165) is 28.3 Å². The van der Waals surface area contributed by atoms with Crippen LogP contribution in [0.2, 0.25) is 0 Å². The summed E-state index contributed by atoms with van der Waals surface area (Å²) in [6, 6.07) is 17.6. The predicted octanol–water partition coefficient (Wildman–Crippen LogP) is 4.23. The van der Waals surface area contributed by atoms with Gasteiger partial charge in [-0.1, -0.05) is 42.5 Å². The number of ether oxygens (including phenoxy) is 2. The maximum absolute atomic E-state index is 13.4. The number of nitrogens with one attached hydrogen (secondary N) is 1. The van der Waals surface area contributed by atoms with Crippen LogP contribution in [0.1, 0.15) is 42.7 Å². The molecule has 0 radical (unpaired) electrons. The van der Waals surface area contributed by atoms with Gasteiger partial charge in [-0.15, -0.1) is 0 Å². The average molecular weight is 403 g/mol. The lowest BCUT2D eigenvalue weighted by Gasteiger charge is -2.36. The highest BCUT2D eigenvalue weighted by molar-refractivity contribution is 6.04. The van der Waals surface area contributed by atoms with Gasteiger partial charge < -0.3 is 14.8 Å². The molecule has 0 fully saturated rings. The zero-order chi connectivity index (χ0) is 21.3. The molecule has 1 heterocycles. The Morgan fingerprint density at radius 3 is 2.30 bits per heavy atom. The Labute approximate surface area is 176 Å². The molecule has 0 amide bonds. The van der Waals surface area contributed by atoms with Crippen molar-refractivity contribution in [2.24, 2.45) is 0 Å². The van der Waals surface area contributed by atoms with Gasteiger partial charge in [0.2, 0.25) is 0 Å². The van der Waals surface area contributed by atoms with Gasteiger partial charge in [-0.3, -0.25) is 4.79 Å². The highest BCUT2D eigenvalue weighted by Gasteiger charge is 2.41. The van der Waals surface area contributed by atoms with Crippen molar-refractivity contribution in [3.63, 3.8) is 0 Å². The Morgan fingerprint density at radius 2 is 1.67 bits per heavy atom. The van der Waals surface area contributed by atoms with Gasteiger partial charge in [0.15, 0.2) is 5.78 Å². The number of benzene rings is 2. The summed E-state index contributed by atoms with van der Waals surface area (Å²) >= 11 is 0. The Hall–Kier alpha value is -3.34. The molecule has 1 N–H and O–H groups in total. The first-order valence-electron chi connectivity index (χ1n) is 10.0. The molecule has 30 heavy (non-hydrogen) atoms. The number of carbonyl (C=O) groups excluding carboxylic acids is 2. The number of carbonyl (C=O) groups is 2. The molecule has 0 aromatic heterocycles. The van der Waals surface area contributed by atoms with Crippen LogP contribution < -0.4 is 10.1 Å². The number of allylic oxidation sites excluding steroid dienone is 3. The van der Waals surface area contributed by atoms with E-state index in [4.69, 9.17) is 9.47 Å². The summed E-state index contributed by atoms with van der Waals surface area (Å²) in [5.41, 5.74) is 4.83. The van der Waals surface area contributed by atoms with Gasteiger partial charge in [0, 0.05) is 29.3 Å². The molecule has 5 nitrogen and oxygen atoms in total. The largest absolute Gasteiger partial charge is 0.497 e. The third-order valence-corrected chi connectivity index (χ3v) is 5.95. The summed E-state index contributed by atoms with van der Waals surface area (Å²) in [6.45, 7) is 1.87. The van der Waals surface area contributed by atoms with Gasteiger partial charge in [-0.05, 0) is 42.5 Å². The minimum absolute atomic E-state index is 0.0623. The van der Waals surface area contributed by atoms with Crippen molar-refractivity contribution in [3.8, 4) is 5.75 Å². The lowest BCUT2D eigenvalue weighted by atomic mass is 9.72. The van der Waals surface area contributed by atoms with E-state index in [-0.39, 0.29) is 11.7 Å². The maximum atomic E-state index is 13.4. The second-order valence-electron chi connectivity index (χ2n) is 7.69. The summed E-state index contributed by atoms with van der Waals surface area (Å²) in [5, 5.41) is 3.35. The Kier molecular flexibility index (Phi) is 5.44. The number of methoxy groups -OCH3 is 2. The molecular formula is C25H25NO4. The zero-order valence-electron chi connectivity index (χ0n) is 17.4. The molecule has 2 aromatic carbocycles. The van der Waals surface area contributed by atoms with Gasteiger partial charge >= 0.3 is 5.97 Å². The number of dihydropyridines is 1. The minimum atomic E-state index is -0.417. The Bertz CT molecular complexity index is 1030. The summed E-state index contributed by atoms with van der Waals surface area (Å²) in [6.07, 6.45) is 1.12. The lowest BCUT2D eigenvalue weighted by Crippen LogP contribution is -2.36. The van der Waals surface area contributed by atoms with Crippen molar-refractivity contribution in [1.82, 2.24) is 5.32 Å². The van der Waals surface area contributed by atoms with Crippen molar-refractivity contribution in [3.05, 3.63) is 88.3 Å². The normalized spacial score (nSPS) is 21.1. The lowest BCUT2D eigenvalue weighted by molar-refractivity contribution is -0.136. The molecule has 5 heteroatoms. The average Bonchev–Trinajstić information content (AvgIpc) is 2.78. The third kappa shape index (κ3) is 3.52. The summed E-state index contributed by atoms with van der Waals surface area (Å²) in [5.74, 6) is 0.109. The van der Waals surface area contributed by atoms with E-state index in [2.05, 4.69) is 5.32 Å². The number of hydrogen-bond donors (Lipinski definition) is 1. The molecule has 1 aliphatic heterocycles. The van der Waals surface area contributed by atoms with Crippen LogP contribution >= 0.6 is 0 Å². The van der Waals surface area contributed by atoms with Gasteiger partial charge in [0.1, 0.15) is 5.75 Å². The highest BCUT2D eigenvalue weighted by atomic mass is 16.5. The number of rotatable bonds is 4. The van der Waals surface area contributed by atoms with Gasteiger partial charge in [-0.25, -0.2) is 4.79 Å². The predicted molar refractivity (Wildman–Crippen MR) is 114 cm³/mol. The quantitative estimate of drug-likeness (QED) is 0.774. The van der Waals surface area contributed by atoms with Crippen LogP contribution in [0.5, 0.6) is 5.75 Å². The van der Waals surface area contributed by atoms with E-state index in [1.165, 1.54) is 7.11 Å². The van der Waals surface area contributed by atoms with E-state index in [0.29, 0.717) is 24.0 Å². The van der Waals surface area contributed by atoms with Crippen LogP contribution in [0.15, 0.2) is 77.1 Å². The molecule has 0 saturated carbocycles. The fourth-order valence-corrected chi connectivity index (χ4v) is 4.51. The summed E-state index contributed by atoms with van der Waals surface area (Å²) in [7, 11) is 3.01. The van der Waals surface area contributed by atoms with Gasteiger partial charge in [0.05, 0.1) is 19.8 Å². The smallest absolute Gasteiger partial charge is 0.336 e. The molecule has 4 rings (SSSR count).